The number of aromatic amines is 1. The highest BCUT2D eigenvalue weighted by atomic mass is 16.1. The van der Waals surface area contributed by atoms with E-state index in [9.17, 15) is 4.79 Å². The molecule has 1 heterocycles. The number of hydrogen-bond acceptors (Lipinski definition) is 3. The largest absolute Gasteiger partial charge is 0.326 e. The van der Waals surface area contributed by atoms with E-state index in [1.807, 2.05) is 36.4 Å². The van der Waals surface area contributed by atoms with E-state index in [2.05, 4.69) is 32.6 Å². The molecule has 120 valence electrons. The number of nitrogens with zero attached hydrogens (tertiary/aromatic N) is 2. The second-order valence-corrected chi connectivity index (χ2v) is 6.04. The number of aromatic nitrogens is 3. The Balaban J connectivity index is 1.51. The quantitative estimate of drug-likeness (QED) is 0.776. The smallest absolute Gasteiger partial charge is 0.231 e. The zero-order valence-corrected chi connectivity index (χ0v) is 13.2. The molecule has 0 fully saturated rings. The predicted octanol–water partition coefficient (Wildman–Crippen LogP) is 3.53. The average molecular weight is 318 g/mol. The molecule has 5 heteroatoms. The van der Waals surface area contributed by atoms with Crippen LogP contribution >= 0.6 is 0 Å². The van der Waals surface area contributed by atoms with E-state index in [0.717, 1.165) is 30.5 Å². The zero-order valence-electron chi connectivity index (χ0n) is 13.2. The molecule has 1 unspecified atom stereocenters. The summed E-state index contributed by atoms with van der Waals surface area (Å²) in [7, 11) is 0. The van der Waals surface area contributed by atoms with Gasteiger partial charge >= 0.3 is 0 Å². The second-order valence-electron chi connectivity index (χ2n) is 6.04. The molecule has 2 aromatic carbocycles. The first-order chi connectivity index (χ1) is 11.8. The van der Waals surface area contributed by atoms with E-state index < -0.39 is 0 Å². The van der Waals surface area contributed by atoms with Crippen molar-refractivity contribution in [3.8, 4) is 11.4 Å². The molecular formula is C19H18N4O. The number of H-pyrrole nitrogens is 1. The lowest BCUT2D eigenvalue weighted by Gasteiger charge is -2.24. The summed E-state index contributed by atoms with van der Waals surface area (Å²) in [5, 5.41) is 9.71. The Kier molecular flexibility index (Phi) is 3.83. The Morgan fingerprint density at radius 3 is 2.75 bits per heavy atom. The van der Waals surface area contributed by atoms with Crippen LogP contribution in [0.25, 0.3) is 11.4 Å². The van der Waals surface area contributed by atoms with Crippen LogP contribution in [0.4, 0.5) is 5.69 Å². The molecule has 24 heavy (non-hydrogen) atoms. The first-order valence-corrected chi connectivity index (χ1v) is 8.16. The number of benzene rings is 2. The van der Waals surface area contributed by atoms with Gasteiger partial charge in [-0.1, -0.05) is 24.3 Å². The summed E-state index contributed by atoms with van der Waals surface area (Å²) < 4.78 is 0. The van der Waals surface area contributed by atoms with Crippen molar-refractivity contribution in [3.05, 3.63) is 66.0 Å². The first-order valence-electron chi connectivity index (χ1n) is 8.16. The van der Waals surface area contributed by atoms with Crippen molar-refractivity contribution in [1.82, 2.24) is 15.2 Å². The maximum atomic E-state index is 12.7. The number of carbonyl (C=O) groups excluding carboxylic acids is 1. The highest BCUT2D eigenvalue weighted by Gasteiger charge is 2.26. The highest BCUT2D eigenvalue weighted by molar-refractivity contribution is 5.96. The lowest BCUT2D eigenvalue weighted by atomic mass is 9.82. The maximum Gasteiger partial charge on any atom is 0.231 e. The number of anilines is 1. The Labute approximate surface area is 140 Å². The molecule has 0 bridgehead atoms. The fourth-order valence-corrected chi connectivity index (χ4v) is 3.31. The molecule has 0 aliphatic heterocycles. The van der Waals surface area contributed by atoms with Gasteiger partial charge in [0.25, 0.3) is 0 Å². The van der Waals surface area contributed by atoms with Gasteiger partial charge in [-0.05, 0) is 54.7 Å². The van der Waals surface area contributed by atoms with E-state index in [4.69, 9.17) is 0 Å². The number of rotatable bonds is 3. The van der Waals surface area contributed by atoms with E-state index in [1.54, 1.807) is 0 Å². The minimum absolute atomic E-state index is 0.0644. The average Bonchev–Trinajstić information content (AvgIpc) is 3.16. The summed E-state index contributed by atoms with van der Waals surface area (Å²) in [6.07, 6.45) is 4.50. The Morgan fingerprint density at radius 1 is 1.12 bits per heavy atom. The summed E-state index contributed by atoms with van der Waals surface area (Å²) in [4.78, 5) is 16.8. The minimum atomic E-state index is -0.0658. The van der Waals surface area contributed by atoms with Crippen molar-refractivity contribution in [3.63, 3.8) is 0 Å². The van der Waals surface area contributed by atoms with Crippen LogP contribution in [-0.2, 0) is 11.2 Å². The monoisotopic (exact) mass is 318 g/mol. The van der Waals surface area contributed by atoms with E-state index in [0.29, 0.717) is 5.82 Å². The molecule has 4 rings (SSSR count). The third-order valence-electron chi connectivity index (χ3n) is 4.53. The van der Waals surface area contributed by atoms with Crippen molar-refractivity contribution in [2.45, 2.75) is 25.2 Å². The van der Waals surface area contributed by atoms with Crippen LogP contribution in [0.1, 0.15) is 29.9 Å². The van der Waals surface area contributed by atoms with Crippen LogP contribution in [0.5, 0.6) is 0 Å². The number of fused-ring (bicyclic) bond motifs is 1. The fraction of sp³-hybridized carbons (Fsp3) is 0.211. The van der Waals surface area contributed by atoms with Gasteiger partial charge in [0, 0.05) is 11.3 Å². The summed E-state index contributed by atoms with van der Waals surface area (Å²) in [5.74, 6) is 0.715. The summed E-state index contributed by atoms with van der Waals surface area (Å²) in [6.45, 7) is 0. The van der Waals surface area contributed by atoms with Gasteiger partial charge in [0.1, 0.15) is 6.33 Å². The molecule has 1 aliphatic rings. The molecule has 2 N–H and O–H groups in total. The van der Waals surface area contributed by atoms with Gasteiger partial charge in [0.05, 0.1) is 5.92 Å². The molecule has 1 amide bonds. The van der Waals surface area contributed by atoms with Crippen LogP contribution in [0.15, 0.2) is 54.9 Å². The second kappa shape index (κ2) is 6.28. The zero-order chi connectivity index (χ0) is 16.4. The molecule has 0 saturated carbocycles. The van der Waals surface area contributed by atoms with E-state index in [1.165, 1.54) is 17.5 Å². The van der Waals surface area contributed by atoms with Gasteiger partial charge in [-0.15, -0.1) is 0 Å². The van der Waals surface area contributed by atoms with E-state index >= 15 is 0 Å². The van der Waals surface area contributed by atoms with Gasteiger partial charge < -0.3 is 5.32 Å². The maximum absolute atomic E-state index is 12.7. The molecule has 1 aromatic heterocycles. The summed E-state index contributed by atoms with van der Waals surface area (Å²) in [6, 6.07) is 15.9. The lowest BCUT2D eigenvalue weighted by molar-refractivity contribution is -0.117. The van der Waals surface area contributed by atoms with Crippen molar-refractivity contribution in [1.29, 1.82) is 0 Å². The fourth-order valence-electron chi connectivity index (χ4n) is 3.31. The number of aryl methyl sites for hydroxylation is 1. The standard InChI is InChI=1S/C19H18N4O/c24-19(17-7-3-5-13-4-1-2-6-16(13)17)22-15-10-8-14(9-11-15)18-20-12-21-23-18/h1-2,4,6,8-12,17H,3,5,7H2,(H,22,24)(H,20,21,23). The molecule has 1 aliphatic carbocycles. The number of carbonyl (C=O) groups is 1. The lowest BCUT2D eigenvalue weighted by Crippen LogP contribution is -2.24. The van der Waals surface area contributed by atoms with Crippen LogP contribution in [-0.4, -0.2) is 21.1 Å². The topological polar surface area (TPSA) is 70.7 Å². The number of nitrogens with one attached hydrogen (secondary N) is 2. The van der Waals surface area contributed by atoms with Crippen LogP contribution in [0.2, 0.25) is 0 Å². The number of amides is 1. The van der Waals surface area contributed by atoms with E-state index in [-0.39, 0.29) is 11.8 Å². The first kappa shape index (κ1) is 14.6. The van der Waals surface area contributed by atoms with Crippen molar-refractivity contribution < 1.29 is 4.79 Å². The van der Waals surface area contributed by atoms with Crippen LogP contribution < -0.4 is 5.32 Å². The van der Waals surface area contributed by atoms with Crippen molar-refractivity contribution >= 4 is 11.6 Å². The van der Waals surface area contributed by atoms with Crippen molar-refractivity contribution in [2.24, 2.45) is 0 Å². The van der Waals surface area contributed by atoms with Crippen LogP contribution in [0, 0.1) is 0 Å². The Bertz CT molecular complexity index is 840. The summed E-state index contributed by atoms with van der Waals surface area (Å²) >= 11 is 0. The third kappa shape index (κ3) is 2.80. The van der Waals surface area contributed by atoms with Gasteiger partial charge in [0.15, 0.2) is 5.82 Å². The molecule has 0 radical (unpaired) electrons. The highest BCUT2D eigenvalue weighted by Crippen LogP contribution is 2.32. The number of hydrogen-bond donors (Lipinski definition) is 2. The van der Waals surface area contributed by atoms with Gasteiger partial charge in [-0.2, -0.15) is 5.10 Å². The minimum Gasteiger partial charge on any atom is -0.326 e. The van der Waals surface area contributed by atoms with Crippen LogP contribution in [0.3, 0.4) is 0 Å². The summed E-state index contributed by atoms with van der Waals surface area (Å²) in [5.41, 5.74) is 4.20. The van der Waals surface area contributed by atoms with Gasteiger partial charge in [-0.25, -0.2) is 4.98 Å². The normalized spacial score (nSPS) is 16.4. The predicted molar refractivity (Wildman–Crippen MR) is 92.6 cm³/mol. The molecule has 0 saturated heterocycles. The molecule has 0 spiro atoms. The van der Waals surface area contributed by atoms with Crippen molar-refractivity contribution in [2.75, 3.05) is 5.32 Å². The SMILES string of the molecule is O=C(Nc1ccc(-c2ncn[nH]2)cc1)C1CCCc2ccccc21. The third-order valence-corrected chi connectivity index (χ3v) is 4.53. The molecule has 1 atom stereocenters. The van der Waals surface area contributed by atoms with Gasteiger partial charge in [-0.3, -0.25) is 9.89 Å². The van der Waals surface area contributed by atoms with Gasteiger partial charge in [0.2, 0.25) is 5.91 Å². The molecule has 3 aromatic rings. The Hall–Kier alpha value is -2.95. The Morgan fingerprint density at radius 2 is 1.96 bits per heavy atom. The molecular weight excluding hydrogens is 300 g/mol. The molecule has 5 nitrogen and oxygen atoms in total.